The summed E-state index contributed by atoms with van der Waals surface area (Å²) in [5.41, 5.74) is 3.86. The van der Waals surface area contributed by atoms with Crippen LogP contribution < -0.4 is 10.2 Å². The van der Waals surface area contributed by atoms with Crippen LogP contribution in [0.4, 0.5) is 5.82 Å². The highest BCUT2D eigenvalue weighted by Crippen LogP contribution is 2.31. The van der Waals surface area contributed by atoms with Gasteiger partial charge in [0.25, 0.3) is 0 Å². The summed E-state index contributed by atoms with van der Waals surface area (Å²) >= 11 is 6.43. The number of nitrogens with one attached hydrogen (secondary N) is 1. The van der Waals surface area contributed by atoms with Crippen LogP contribution in [0.25, 0.3) is 0 Å². The van der Waals surface area contributed by atoms with Crippen LogP contribution in [0.5, 0.6) is 0 Å². The van der Waals surface area contributed by atoms with Crippen molar-refractivity contribution in [3.63, 3.8) is 0 Å². The molecule has 0 saturated carbocycles. The number of benzene rings is 1. The molecule has 0 fully saturated rings. The van der Waals surface area contributed by atoms with Crippen LogP contribution in [0.2, 0.25) is 5.02 Å². The zero-order valence-electron chi connectivity index (χ0n) is 12.3. The van der Waals surface area contributed by atoms with Gasteiger partial charge in [-0.25, -0.2) is 4.98 Å². The molecule has 2 heterocycles. The van der Waals surface area contributed by atoms with Gasteiger partial charge >= 0.3 is 0 Å². The summed E-state index contributed by atoms with van der Waals surface area (Å²) < 4.78 is 0. The molecule has 0 amide bonds. The zero-order valence-corrected chi connectivity index (χ0v) is 13.0. The molecule has 1 N–H and O–H groups in total. The second-order valence-electron chi connectivity index (χ2n) is 5.45. The van der Waals surface area contributed by atoms with Crippen molar-refractivity contribution in [2.75, 3.05) is 11.4 Å². The molecule has 1 aliphatic rings. The monoisotopic (exact) mass is 301 g/mol. The number of hydrogen-bond acceptors (Lipinski definition) is 3. The van der Waals surface area contributed by atoms with E-state index in [4.69, 9.17) is 11.6 Å². The van der Waals surface area contributed by atoms with E-state index in [0.717, 1.165) is 49.0 Å². The van der Waals surface area contributed by atoms with Crippen molar-refractivity contribution in [2.24, 2.45) is 0 Å². The van der Waals surface area contributed by atoms with Crippen LogP contribution >= 0.6 is 11.6 Å². The Balaban J connectivity index is 1.72. The zero-order chi connectivity index (χ0) is 14.7. The van der Waals surface area contributed by atoms with Gasteiger partial charge in [0.2, 0.25) is 0 Å². The Morgan fingerprint density at radius 3 is 2.57 bits per heavy atom. The average Bonchev–Trinajstić information content (AvgIpc) is 2.91. The third-order valence-electron chi connectivity index (χ3n) is 3.77. The lowest BCUT2D eigenvalue weighted by Crippen LogP contribution is -2.18. The van der Waals surface area contributed by atoms with E-state index in [0.29, 0.717) is 0 Å². The minimum absolute atomic E-state index is 0.735. The number of hydrogen-bond donors (Lipinski definition) is 1. The van der Waals surface area contributed by atoms with Crippen molar-refractivity contribution in [2.45, 2.75) is 33.0 Å². The molecule has 0 aliphatic carbocycles. The van der Waals surface area contributed by atoms with Crippen LogP contribution in [0.15, 0.2) is 36.5 Å². The van der Waals surface area contributed by atoms with Gasteiger partial charge < -0.3 is 10.2 Å². The van der Waals surface area contributed by atoms with E-state index in [2.05, 4.69) is 46.4 Å². The number of aromatic nitrogens is 1. The molecule has 0 atom stereocenters. The van der Waals surface area contributed by atoms with E-state index >= 15 is 0 Å². The third-order valence-corrected chi connectivity index (χ3v) is 4.05. The van der Waals surface area contributed by atoms with Crippen LogP contribution in [-0.2, 0) is 19.6 Å². The van der Waals surface area contributed by atoms with Crippen LogP contribution in [0.3, 0.4) is 0 Å². The van der Waals surface area contributed by atoms with Gasteiger partial charge in [0, 0.05) is 25.8 Å². The molecule has 0 saturated heterocycles. The maximum Gasteiger partial charge on any atom is 0.147 e. The summed E-state index contributed by atoms with van der Waals surface area (Å²) in [7, 11) is 0. The summed E-state index contributed by atoms with van der Waals surface area (Å²) in [6, 6.07) is 10.5. The molecule has 1 aliphatic heterocycles. The lowest BCUT2D eigenvalue weighted by Gasteiger charge is -2.18. The molecule has 0 unspecified atom stereocenters. The first kappa shape index (κ1) is 14.4. The van der Waals surface area contributed by atoms with E-state index in [-0.39, 0.29) is 0 Å². The fraction of sp³-hybridized carbons (Fsp3) is 0.353. The Morgan fingerprint density at radius 2 is 1.95 bits per heavy atom. The first-order valence-electron chi connectivity index (χ1n) is 7.45. The largest absolute Gasteiger partial charge is 0.347 e. The third kappa shape index (κ3) is 3.20. The highest BCUT2D eigenvalue weighted by Gasteiger charge is 2.21. The molecule has 2 aromatic rings. The highest BCUT2D eigenvalue weighted by molar-refractivity contribution is 6.33. The van der Waals surface area contributed by atoms with Crippen molar-refractivity contribution in [3.05, 3.63) is 58.2 Å². The lowest BCUT2D eigenvalue weighted by molar-refractivity contribution is 0.673. The van der Waals surface area contributed by atoms with Gasteiger partial charge in [0.05, 0.1) is 5.02 Å². The molecule has 1 aromatic heterocycles. The Labute approximate surface area is 131 Å². The first-order chi connectivity index (χ1) is 10.3. The first-order valence-corrected chi connectivity index (χ1v) is 7.82. The molecular formula is C17H20ClN3. The molecule has 3 rings (SSSR count). The van der Waals surface area contributed by atoms with Crippen LogP contribution in [-0.4, -0.2) is 11.5 Å². The number of fused-ring (bicyclic) bond motifs is 1. The Kier molecular flexibility index (Phi) is 4.42. The van der Waals surface area contributed by atoms with Gasteiger partial charge in [-0.05, 0) is 35.7 Å². The second-order valence-corrected chi connectivity index (χ2v) is 5.86. The van der Waals surface area contributed by atoms with Gasteiger partial charge in [-0.2, -0.15) is 0 Å². The molecule has 1 aromatic carbocycles. The minimum Gasteiger partial charge on any atom is -0.347 e. The molecule has 3 nitrogen and oxygen atoms in total. The molecule has 4 heteroatoms. The highest BCUT2D eigenvalue weighted by atomic mass is 35.5. The fourth-order valence-electron chi connectivity index (χ4n) is 2.69. The van der Waals surface area contributed by atoms with Gasteiger partial charge in [-0.15, -0.1) is 0 Å². The Hall–Kier alpha value is -1.58. The summed E-state index contributed by atoms with van der Waals surface area (Å²) in [6.45, 7) is 5.76. The summed E-state index contributed by atoms with van der Waals surface area (Å²) in [5.74, 6) is 0.882. The summed E-state index contributed by atoms with van der Waals surface area (Å²) in [6.07, 6.45) is 3.05. The van der Waals surface area contributed by atoms with Gasteiger partial charge in [-0.1, -0.05) is 42.8 Å². The maximum absolute atomic E-state index is 6.43. The SMILES string of the molecule is CCCNCc1cnc(N2Cc3ccccc3C2)c(Cl)c1. The quantitative estimate of drug-likeness (QED) is 0.853. The van der Waals surface area contributed by atoms with Crippen molar-refractivity contribution in [1.82, 2.24) is 10.3 Å². The predicted molar refractivity (Wildman–Crippen MR) is 87.6 cm³/mol. The van der Waals surface area contributed by atoms with Crippen molar-refractivity contribution < 1.29 is 0 Å². The Morgan fingerprint density at radius 1 is 1.24 bits per heavy atom. The van der Waals surface area contributed by atoms with Gasteiger partial charge in [0.15, 0.2) is 0 Å². The fourth-order valence-corrected chi connectivity index (χ4v) is 3.00. The van der Waals surface area contributed by atoms with E-state index in [9.17, 15) is 0 Å². The van der Waals surface area contributed by atoms with Crippen molar-refractivity contribution in [1.29, 1.82) is 0 Å². The number of pyridine rings is 1. The normalized spacial score (nSPS) is 13.5. The van der Waals surface area contributed by atoms with Crippen LogP contribution in [0, 0.1) is 0 Å². The average molecular weight is 302 g/mol. The topological polar surface area (TPSA) is 28.2 Å². The van der Waals surface area contributed by atoms with Gasteiger partial charge in [0.1, 0.15) is 5.82 Å². The number of halogens is 1. The smallest absolute Gasteiger partial charge is 0.147 e. The van der Waals surface area contributed by atoms with E-state index in [1.807, 2.05) is 12.3 Å². The van der Waals surface area contributed by atoms with Crippen molar-refractivity contribution >= 4 is 17.4 Å². The molecular weight excluding hydrogens is 282 g/mol. The minimum atomic E-state index is 0.735. The summed E-state index contributed by atoms with van der Waals surface area (Å²) in [5, 5.41) is 4.10. The predicted octanol–water partition coefficient (Wildman–Crippen LogP) is 3.75. The summed E-state index contributed by atoms with van der Waals surface area (Å²) in [4.78, 5) is 6.81. The lowest BCUT2D eigenvalue weighted by atomic mass is 10.1. The number of rotatable bonds is 5. The van der Waals surface area contributed by atoms with E-state index < -0.39 is 0 Å². The second kappa shape index (κ2) is 6.46. The molecule has 0 spiro atoms. The molecule has 0 bridgehead atoms. The maximum atomic E-state index is 6.43. The standard InChI is InChI=1S/C17H20ClN3/c1-2-7-19-9-13-8-16(18)17(20-10-13)21-11-14-5-3-4-6-15(14)12-21/h3-6,8,10,19H,2,7,9,11-12H2,1H3. The molecule has 21 heavy (non-hydrogen) atoms. The van der Waals surface area contributed by atoms with Gasteiger partial charge in [-0.3, -0.25) is 0 Å². The van der Waals surface area contributed by atoms with E-state index in [1.165, 1.54) is 11.1 Å². The molecule has 0 radical (unpaired) electrons. The van der Waals surface area contributed by atoms with Crippen molar-refractivity contribution in [3.8, 4) is 0 Å². The Bertz CT molecular complexity index is 602. The van der Waals surface area contributed by atoms with Crippen LogP contribution in [0.1, 0.15) is 30.0 Å². The number of anilines is 1. The van der Waals surface area contributed by atoms with E-state index in [1.54, 1.807) is 0 Å². The number of nitrogens with zero attached hydrogens (tertiary/aromatic N) is 2. The molecule has 110 valence electrons.